The smallest absolute Gasteiger partial charge is 0.182 e. The Labute approximate surface area is 256 Å². The molecule has 0 spiro atoms. The van der Waals surface area contributed by atoms with Crippen molar-refractivity contribution in [1.82, 2.24) is 5.32 Å². The van der Waals surface area contributed by atoms with E-state index >= 15 is 0 Å². The number of hydrogen-bond acceptors (Lipinski definition) is 9. The molecule has 0 radical (unpaired) electrons. The van der Waals surface area contributed by atoms with Crippen molar-refractivity contribution in [2.75, 3.05) is 77.9 Å². The number of aromatic hydroxyl groups is 1. The molecule has 230 valence electrons. The highest BCUT2D eigenvalue weighted by molar-refractivity contribution is 7.80. The van der Waals surface area contributed by atoms with Gasteiger partial charge in [0.05, 0.1) is 59.5 Å². The zero-order valence-corrected chi connectivity index (χ0v) is 25.1. The number of rotatable bonds is 18. The Bertz CT molecular complexity index is 1460. The molecule has 2 aromatic rings. The molecule has 0 atom stereocenters. The number of thiocarbonyl (C=S) groups is 1. The summed E-state index contributed by atoms with van der Waals surface area (Å²) in [7, 11) is 0. The van der Waals surface area contributed by atoms with Crippen molar-refractivity contribution in [3.63, 3.8) is 0 Å². The second kappa shape index (κ2) is 17.5. The monoisotopic (exact) mass is 610 g/mol. The van der Waals surface area contributed by atoms with E-state index in [1.807, 2.05) is 37.3 Å². The van der Waals surface area contributed by atoms with E-state index in [-0.39, 0.29) is 11.2 Å². The van der Waals surface area contributed by atoms with Crippen LogP contribution in [-0.4, -0.2) is 82.8 Å². The van der Waals surface area contributed by atoms with Gasteiger partial charge in [-0.05, 0) is 61.1 Å². The summed E-state index contributed by atoms with van der Waals surface area (Å²) in [5.41, 5.74) is 3.83. The number of hydrogen-bond donors (Lipinski definition) is 3. The number of anilines is 1. The summed E-state index contributed by atoms with van der Waals surface area (Å²) >= 11 is 5.42. The first kappa shape index (κ1) is 32.3. The normalized spacial score (nSPS) is 11.3. The van der Waals surface area contributed by atoms with Crippen molar-refractivity contribution in [2.24, 2.45) is 0 Å². The van der Waals surface area contributed by atoms with E-state index in [4.69, 9.17) is 40.3 Å². The summed E-state index contributed by atoms with van der Waals surface area (Å²) in [6, 6.07) is 17.5. The van der Waals surface area contributed by atoms with Crippen LogP contribution in [-0.2, 0) is 23.7 Å². The molecule has 2 aliphatic rings. The van der Waals surface area contributed by atoms with Gasteiger partial charge < -0.3 is 43.8 Å². The molecule has 4 rings (SSSR count). The Kier molecular flexibility index (Phi) is 13.2. The minimum absolute atomic E-state index is 0.0897. The Morgan fingerprint density at radius 1 is 0.791 bits per heavy atom. The lowest BCUT2D eigenvalue weighted by Crippen LogP contribution is -2.31. The molecule has 0 aromatic heterocycles. The fourth-order valence-electron chi connectivity index (χ4n) is 4.33. The van der Waals surface area contributed by atoms with Crippen molar-refractivity contribution in [3.8, 4) is 28.2 Å². The van der Waals surface area contributed by atoms with Gasteiger partial charge in [0.15, 0.2) is 10.5 Å². The number of ether oxygens (including phenoxy) is 5. The predicted octanol–water partition coefficient (Wildman–Crippen LogP) is 4.66. The molecular formula is C32H38N2O8S. The van der Waals surface area contributed by atoms with Crippen molar-refractivity contribution in [3.05, 3.63) is 70.9 Å². The molecule has 1 aliphatic heterocycles. The van der Waals surface area contributed by atoms with Crippen LogP contribution in [0, 0.1) is 0 Å². The van der Waals surface area contributed by atoms with Gasteiger partial charge in [-0.1, -0.05) is 12.1 Å². The summed E-state index contributed by atoms with van der Waals surface area (Å²) in [5, 5.41) is 17.6. The summed E-state index contributed by atoms with van der Waals surface area (Å²) in [4.78, 5) is 12.0. The average molecular weight is 611 g/mol. The van der Waals surface area contributed by atoms with E-state index in [0.717, 1.165) is 27.8 Å². The number of phenolic OH excluding ortho intramolecular Hbond substituents is 1. The van der Waals surface area contributed by atoms with Crippen molar-refractivity contribution in [2.45, 2.75) is 6.92 Å². The van der Waals surface area contributed by atoms with Crippen LogP contribution in [0.1, 0.15) is 6.92 Å². The highest BCUT2D eigenvalue weighted by Crippen LogP contribution is 2.40. The predicted molar refractivity (Wildman–Crippen MR) is 170 cm³/mol. The van der Waals surface area contributed by atoms with Crippen LogP contribution in [0.25, 0.3) is 33.4 Å². The Hall–Kier alpha value is -3.58. The van der Waals surface area contributed by atoms with Crippen LogP contribution in [0.3, 0.4) is 0 Å². The Balaban J connectivity index is 1.14. The fraction of sp³-hybridized carbons (Fsp3) is 0.375. The largest absolute Gasteiger partial charge is 0.508 e. The zero-order valence-electron chi connectivity index (χ0n) is 24.3. The van der Waals surface area contributed by atoms with Crippen molar-refractivity contribution in [1.29, 1.82) is 0 Å². The molecule has 10 nitrogen and oxygen atoms in total. The lowest BCUT2D eigenvalue weighted by Gasteiger charge is -2.16. The quantitative estimate of drug-likeness (QED) is 0.0829. The third-order valence-corrected chi connectivity index (χ3v) is 6.58. The van der Waals surface area contributed by atoms with Gasteiger partial charge in [0.2, 0.25) is 0 Å². The van der Waals surface area contributed by atoms with Crippen LogP contribution >= 0.6 is 12.2 Å². The van der Waals surface area contributed by atoms with Crippen LogP contribution in [0.5, 0.6) is 5.75 Å². The van der Waals surface area contributed by atoms with Crippen molar-refractivity contribution < 1.29 is 33.2 Å². The fourth-order valence-corrected chi connectivity index (χ4v) is 4.55. The molecule has 3 N–H and O–H groups in total. The van der Waals surface area contributed by atoms with E-state index < -0.39 is 0 Å². The third kappa shape index (κ3) is 10.3. The van der Waals surface area contributed by atoms with E-state index in [0.29, 0.717) is 89.1 Å². The topological polar surface area (TPSA) is 121 Å². The molecule has 11 heteroatoms. The molecular weight excluding hydrogens is 572 g/mol. The first-order chi connectivity index (χ1) is 21.0. The molecule has 0 amide bonds. The molecule has 2 aromatic carbocycles. The van der Waals surface area contributed by atoms with Gasteiger partial charge in [0.1, 0.15) is 17.1 Å². The second-order valence-corrected chi connectivity index (χ2v) is 9.83. The van der Waals surface area contributed by atoms with Crippen LogP contribution in [0.2, 0.25) is 0 Å². The Morgan fingerprint density at radius 3 is 2.07 bits per heavy atom. The second-order valence-electron chi connectivity index (χ2n) is 9.42. The van der Waals surface area contributed by atoms with Crippen LogP contribution < -0.4 is 16.1 Å². The summed E-state index contributed by atoms with van der Waals surface area (Å²) in [5.74, 6) is 0.550. The number of nitrogens with one attached hydrogen (secondary N) is 2. The maximum atomic E-state index is 12.0. The zero-order chi connectivity index (χ0) is 30.3. The number of benzene rings is 3. The van der Waals surface area contributed by atoms with Gasteiger partial charge in [-0.3, -0.25) is 4.79 Å². The van der Waals surface area contributed by atoms with E-state index in [1.165, 1.54) is 12.1 Å². The van der Waals surface area contributed by atoms with E-state index in [2.05, 4.69) is 10.6 Å². The van der Waals surface area contributed by atoms with Gasteiger partial charge in [0, 0.05) is 47.5 Å². The van der Waals surface area contributed by atoms with Crippen LogP contribution in [0.4, 0.5) is 5.69 Å². The van der Waals surface area contributed by atoms with Crippen molar-refractivity contribution >= 4 is 34.0 Å². The minimum atomic E-state index is -0.145. The minimum Gasteiger partial charge on any atom is -0.508 e. The van der Waals surface area contributed by atoms with Gasteiger partial charge in [-0.25, -0.2) is 0 Å². The lowest BCUT2D eigenvalue weighted by molar-refractivity contribution is -0.00980. The molecule has 1 aliphatic carbocycles. The summed E-state index contributed by atoms with van der Waals surface area (Å²) < 4.78 is 33.0. The highest BCUT2D eigenvalue weighted by Gasteiger charge is 2.17. The van der Waals surface area contributed by atoms with Gasteiger partial charge in [-0.15, -0.1) is 0 Å². The molecule has 43 heavy (non-hydrogen) atoms. The molecule has 0 unspecified atom stereocenters. The Morgan fingerprint density at radius 2 is 1.42 bits per heavy atom. The van der Waals surface area contributed by atoms with Crippen LogP contribution in [0.15, 0.2) is 69.9 Å². The van der Waals surface area contributed by atoms with Gasteiger partial charge in [-0.2, -0.15) is 0 Å². The van der Waals surface area contributed by atoms with E-state index in [1.54, 1.807) is 18.2 Å². The molecule has 0 saturated carbocycles. The maximum absolute atomic E-state index is 12.0. The van der Waals surface area contributed by atoms with Gasteiger partial charge in [0.25, 0.3) is 0 Å². The first-order valence-corrected chi connectivity index (χ1v) is 14.7. The van der Waals surface area contributed by atoms with Gasteiger partial charge >= 0.3 is 0 Å². The average Bonchev–Trinajstić information content (AvgIpc) is 3.00. The maximum Gasteiger partial charge on any atom is 0.182 e. The first-order valence-electron chi connectivity index (χ1n) is 14.3. The lowest BCUT2D eigenvalue weighted by atomic mass is 9.93. The standard InChI is InChI=1S/C32H38N2O8S/c1-2-37-13-14-39-17-18-41-20-19-40-16-15-38-12-11-33-32(43)34-24-5-3-23(4-6-24)31-27-9-7-25(35)21-29(27)42-30-22-26(36)8-10-28(30)31/h3-10,21-22,35H,2,11-20H2,1H3,(H2,33,34,43). The third-order valence-electron chi connectivity index (χ3n) is 6.33. The summed E-state index contributed by atoms with van der Waals surface area (Å²) in [6.07, 6.45) is 0. The molecule has 0 saturated heterocycles. The van der Waals surface area contributed by atoms with E-state index in [9.17, 15) is 9.90 Å². The molecule has 0 fully saturated rings. The summed E-state index contributed by atoms with van der Waals surface area (Å²) in [6.45, 7) is 7.94. The molecule has 0 bridgehead atoms. The number of phenols is 1. The number of fused-ring (bicyclic) bond motifs is 2. The molecule has 1 heterocycles. The SMILES string of the molecule is CCOCCOCCOCCOCCOCCNC(=S)Nc1ccc(-c2c3ccc(=O)cc-3oc3cc(O)ccc23)cc1. The highest BCUT2D eigenvalue weighted by atomic mass is 32.1.